The van der Waals surface area contributed by atoms with Crippen LogP contribution in [0, 0.1) is 5.82 Å². The molecule has 2 aromatic rings. The zero-order valence-corrected chi connectivity index (χ0v) is 8.99. The van der Waals surface area contributed by atoms with Crippen LogP contribution >= 0.6 is 15.9 Å². The Hall–Kier alpha value is -0.940. The first-order chi connectivity index (χ1) is 6.59. The molecule has 0 fully saturated rings. The third-order valence-corrected chi connectivity index (χ3v) is 2.64. The Morgan fingerprint density at radius 2 is 2.29 bits per heavy atom. The third kappa shape index (κ3) is 1.42. The molecule has 14 heavy (non-hydrogen) atoms. The van der Waals surface area contributed by atoms with Crippen LogP contribution in [0.15, 0.2) is 22.8 Å². The molecule has 1 aromatic carbocycles. The van der Waals surface area contributed by atoms with Crippen LogP contribution in [0.1, 0.15) is 13.2 Å². The molecule has 0 radical (unpaired) electrons. The van der Waals surface area contributed by atoms with E-state index in [0.29, 0.717) is 9.99 Å². The molecule has 0 saturated carbocycles. The van der Waals surface area contributed by atoms with Crippen LogP contribution in [-0.4, -0.2) is 14.9 Å². The highest BCUT2D eigenvalue weighted by molar-refractivity contribution is 9.10. The van der Waals surface area contributed by atoms with Crippen molar-refractivity contribution >= 4 is 26.8 Å². The van der Waals surface area contributed by atoms with Gasteiger partial charge in [0.2, 0.25) is 0 Å². The predicted octanol–water partition coefficient (Wildman–Crippen LogP) is 2.45. The quantitative estimate of drug-likeness (QED) is 0.854. The van der Waals surface area contributed by atoms with E-state index in [1.54, 1.807) is 13.1 Å². The third-order valence-electron chi connectivity index (χ3n) is 1.98. The Bertz CT molecular complexity index is 481. The van der Waals surface area contributed by atoms with Crippen LogP contribution in [0.4, 0.5) is 4.39 Å². The van der Waals surface area contributed by atoms with Gasteiger partial charge < -0.3 is 5.11 Å². The van der Waals surface area contributed by atoms with Gasteiger partial charge in [-0.15, -0.1) is 0 Å². The molecule has 1 unspecified atom stereocenters. The van der Waals surface area contributed by atoms with Crippen molar-refractivity contribution in [1.29, 1.82) is 0 Å². The van der Waals surface area contributed by atoms with Gasteiger partial charge in [-0.25, -0.2) is 9.07 Å². The number of aromatic nitrogens is 2. The van der Waals surface area contributed by atoms with Gasteiger partial charge in [0, 0.05) is 9.86 Å². The van der Waals surface area contributed by atoms with Gasteiger partial charge in [0.25, 0.3) is 0 Å². The zero-order valence-electron chi connectivity index (χ0n) is 7.41. The van der Waals surface area contributed by atoms with E-state index in [2.05, 4.69) is 21.0 Å². The summed E-state index contributed by atoms with van der Waals surface area (Å²) in [6.45, 7) is 1.57. The molecule has 1 heterocycles. The number of halogens is 2. The molecule has 1 atom stereocenters. The minimum Gasteiger partial charge on any atom is -0.372 e. The summed E-state index contributed by atoms with van der Waals surface area (Å²) >= 11 is 3.24. The summed E-state index contributed by atoms with van der Waals surface area (Å²) in [5.74, 6) is -0.355. The lowest BCUT2D eigenvalue weighted by atomic mass is 10.2. The molecule has 2 rings (SSSR count). The molecular weight excluding hydrogens is 251 g/mol. The summed E-state index contributed by atoms with van der Waals surface area (Å²) in [5, 5.41) is 14.1. The maximum absolute atomic E-state index is 13.1. The second-order valence-electron chi connectivity index (χ2n) is 3.04. The van der Waals surface area contributed by atoms with Crippen molar-refractivity contribution in [2.75, 3.05) is 0 Å². The summed E-state index contributed by atoms with van der Waals surface area (Å²) in [6.07, 6.45) is 0.826. The van der Waals surface area contributed by atoms with Gasteiger partial charge in [-0.1, -0.05) is 0 Å². The van der Waals surface area contributed by atoms with Crippen molar-refractivity contribution in [2.24, 2.45) is 0 Å². The molecule has 0 aliphatic rings. The highest BCUT2D eigenvalue weighted by Crippen LogP contribution is 2.26. The maximum atomic E-state index is 13.1. The van der Waals surface area contributed by atoms with Crippen molar-refractivity contribution in [1.82, 2.24) is 9.78 Å². The van der Waals surface area contributed by atoms with E-state index < -0.39 is 6.23 Å². The summed E-state index contributed by atoms with van der Waals surface area (Å²) in [7, 11) is 0. The predicted molar refractivity (Wildman–Crippen MR) is 54.3 cm³/mol. The fourth-order valence-corrected chi connectivity index (χ4v) is 1.89. The van der Waals surface area contributed by atoms with Crippen molar-refractivity contribution in [3.05, 3.63) is 28.6 Å². The van der Waals surface area contributed by atoms with E-state index in [-0.39, 0.29) is 5.82 Å². The molecule has 0 bridgehead atoms. The summed E-state index contributed by atoms with van der Waals surface area (Å²) in [6, 6.07) is 2.72. The van der Waals surface area contributed by atoms with Crippen molar-refractivity contribution < 1.29 is 9.50 Å². The zero-order chi connectivity index (χ0) is 10.3. The lowest BCUT2D eigenvalue weighted by molar-refractivity contribution is 0.115. The Kier molecular flexibility index (Phi) is 2.28. The summed E-state index contributed by atoms with van der Waals surface area (Å²) in [5.41, 5.74) is 0.576. The van der Waals surface area contributed by atoms with Gasteiger partial charge in [-0.2, -0.15) is 5.10 Å². The molecule has 1 aromatic heterocycles. The van der Waals surface area contributed by atoms with E-state index in [0.717, 1.165) is 5.39 Å². The normalized spacial score (nSPS) is 13.4. The van der Waals surface area contributed by atoms with E-state index in [1.165, 1.54) is 16.8 Å². The molecule has 3 nitrogen and oxygen atoms in total. The van der Waals surface area contributed by atoms with Gasteiger partial charge in [0.15, 0.2) is 0 Å². The van der Waals surface area contributed by atoms with Crippen LogP contribution in [-0.2, 0) is 0 Å². The fraction of sp³-hybridized carbons (Fsp3) is 0.222. The monoisotopic (exact) mass is 258 g/mol. The summed E-state index contributed by atoms with van der Waals surface area (Å²) < 4.78 is 15.1. The van der Waals surface area contributed by atoms with Crippen molar-refractivity contribution in [3.63, 3.8) is 0 Å². The van der Waals surface area contributed by atoms with Crippen LogP contribution < -0.4 is 0 Å². The van der Waals surface area contributed by atoms with E-state index in [4.69, 9.17) is 0 Å². The first-order valence-electron chi connectivity index (χ1n) is 4.10. The SMILES string of the molecule is CC(O)n1ncc2c(Br)cc(F)cc21. The van der Waals surface area contributed by atoms with E-state index in [9.17, 15) is 9.50 Å². The number of hydrogen-bond donors (Lipinski definition) is 1. The average molecular weight is 259 g/mol. The topological polar surface area (TPSA) is 38.0 Å². The molecular formula is C9H8BrFN2O. The Balaban J connectivity index is 2.78. The van der Waals surface area contributed by atoms with Gasteiger partial charge in [-0.05, 0) is 35.0 Å². The van der Waals surface area contributed by atoms with E-state index in [1.807, 2.05) is 0 Å². The highest BCUT2D eigenvalue weighted by Gasteiger charge is 2.10. The number of rotatable bonds is 1. The molecule has 1 N–H and O–H groups in total. The first-order valence-corrected chi connectivity index (χ1v) is 4.89. The second-order valence-corrected chi connectivity index (χ2v) is 3.90. The number of aliphatic hydroxyl groups excluding tert-OH is 1. The number of benzene rings is 1. The molecule has 0 saturated heterocycles. The first kappa shape index (κ1) is 9.61. The van der Waals surface area contributed by atoms with Gasteiger partial charge in [0.1, 0.15) is 12.0 Å². The minimum absolute atomic E-state index is 0.355. The molecule has 5 heteroatoms. The number of fused-ring (bicyclic) bond motifs is 1. The van der Waals surface area contributed by atoms with Gasteiger partial charge in [0.05, 0.1) is 11.7 Å². The average Bonchev–Trinajstić information content (AvgIpc) is 2.47. The Morgan fingerprint density at radius 3 is 2.93 bits per heavy atom. The minimum atomic E-state index is -0.763. The van der Waals surface area contributed by atoms with Crippen LogP contribution in [0.3, 0.4) is 0 Å². The van der Waals surface area contributed by atoms with Crippen LogP contribution in [0.25, 0.3) is 10.9 Å². The van der Waals surface area contributed by atoms with Crippen molar-refractivity contribution in [3.8, 4) is 0 Å². The largest absolute Gasteiger partial charge is 0.372 e. The number of hydrogen-bond acceptors (Lipinski definition) is 2. The van der Waals surface area contributed by atoms with E-state index >= 15 is 0 Å². The van der Waals surface area contributed by atoms with Gasteiger partial charge in [-0.3, -0.25) is 0 Å². The van der Waals surface area contributed by atoms with Crippen LogP contribution in [0.2, 0.25) is 0 Å². The standard InChI is InChI=1S/C9H8BrFN2O/c1-5(14)13-9-3-6(11)2-8(10)7(9)4-12-13/h2-5,14H,1H3. The Morgan fingerprint density at radius 1 is 1.57 bits per heavy atom. The molecule has 74 valence electrons. The molecule has 0 aliphatic carbocycles. The molecule has 0 amide bonds. The number of aliphatic hydroxyl groups is 1. The van der Waals surface area contributed by atoms with Gasteiger partial charge >= 0.3 is 0 Å². The number of nitrogens with zero attached hydrogens (tertiary/aromatic N) is 2. The van der Waals surface area contributed by atoms with Crippen LogP contribution in [0.5, 0.6) is 0 Å². The Labute approximate surface area is 88.3 Å². The highest BCUT2D eigenvalue weighted by atomic mass is 79.9. The molecule has 0 aliphatic heterocycles. The maximum Gasteiger partial charge on any atom is 0.144 e. The lowest BCUT2D eigenvalue weighted by Gasteiger charge is -2.06. The smallest absolute Gasteiger partial charge is 0.144 e. The lowest BCUT2D eigenvalue weighted by Crippen LogP contribution is -2.04. The molecule has 0 spiro atoms. The fourth-order valence-electron chi connectivity index (χ4n) is 1.37. The second kappa shape index (κ2) is 3.33. The summed E-state index contributed by atoms with van der Waals surface area (Å²) in [4.78, 5) is 0. The van der Waals surface area contributed by atoms with Crippen molar-refractivity contribution in [2.45, 2.75) is 13.2 Å².